The van der Waals surface area contributed by atoms with E-state index in [9.17, 15) is 0 Å². The molecule has 1 aromatic heterocycles. The Bertz CT molecular complexity index is 454. The van der Waals surface area contributed by atoms with Gasteiger partial charge in [-0.25, -0.2) is 0 Å². The van der Waals surface area contributed by atoms with E-state index in [1.807, 2.05) is 30.8 Å². The van der Waals surface area contributed by atoms with Crippen molar-refractivity contribution in [2.75, 3.05) is 13.2 Å². The summed E-state index contributed by atoms with van der Waals surface area (Å²) in [5.74, 6) is 0.874. The number of hydrogen-bond acceptors (Lipinski definition) is 3. The largest absolute Gasteiger partial charge is 0.372 e. The van der Waals surface area contributed by atoms with Crippen LogP contribution in [0.3, 0.4) is 0 Å². The Morgan fingerprint density at radius 2 is 2.45 bits per heavy atom. The molecule has 0 unspecified atom stereocenters. The van der Waals surface area contributed by atoms with Crippen molar-refractivity contribution in [3.63, 3.8) is 0 Å². The van der Waals surface area contributed by atoms with Crippen LogP contribution in [0.1, 0.15) is 39.0 Å². The van der Waals surface area contributed by atoms with Crippen molar-refractivity contribution in [3.8, 4) is 0 Å². The van der Waals surface area contributed by atoms with Gasteiger partial charge in [0.05, 0.1) is 5.69 Å². The molecule has 3 N–H and O–H groups in total. The van der Waals surface area contributed by atoms with Gasteiger partial charge < -0.3 is 15.8 Å². The quantitative estimate of drug-likeness (QED) is 0.629. The number of aromatic nitrogens is 2. The van der Waals surface area contributed by atoms with Gasteiger partial charge in [-0.05, 0) is 33.3 Å². The second-order valence-corrected chi connectivity index (χ2v) is 5.44. The van der Waals surface area contributed by atoms with E-state index < -0.39 is 0 Å². The molecule has 0 bridgehead atoms. The van der Waals surface area contributed by atoms with Gasteiger partial charge in [0, 0.05) is 37.9 Å². The Morgan fingerprint density at radius 3 is 3.15 bits per heavy atom. The summed E-state index contributed by atoms with van der Waals surface area (Å²) in [7, 11) is 0. The normalized spacial score (nSPS) is 23.5. The monoisotopic (exact) mass is 279 g/mol. The average Bonchev–Trinajstić information content (AvgIpc) is 3.03. The molecule has 0 radical (unpaired) electrons. The summed E-state index contributed by atoms with van der Waals surface area (Å²) in [6.45, 7) is 8.49. The summed E-state index contributed by atoms with van der Waals surface area (Å²) in [5.41, 5.74) is 6.99. The zero-order valence-electron chi connectivity index (χ0n) is 12.5. The maximum absolute atomic E-state index is 5.87. The van der Waals surface area contributed by atoms with Crippen molar-refractivity contribution in [1.29, 1.82) is 0 Å². The highest BCUT2D eigenvalue weighted by Gasteiger charge is 2.31. The van der Waals surface area contributed by atoms with E-state index in [1.54, 1.807) is 0 Å². The highest BCUT2D eigenvalue weighted by atomic mass is 16.5. The van der Waals surface area contributed by atoms with Crippen molar-refractivity contribution in [2.24, 2.45) is 16.6 Å². The first-order valence-electron chi connectivity index (χ1n) is 7.31. The molecule has 1 fully saturated rings. The van der Waals surface area contributed by atoms with Crippen LogP contribution in [-0.2, 0) is 11.3 Å². The van der Waals surface area contributed by atoms with Gasteiger partial charge in [-0.3, -0.25) is 9.67 Å². The lowest BCUT2D eigenvalue weighted by molar-refractivity contribution is 0.0851. The van der Waals surface area contributed by atoms with Gasteiger partial charge in [0.2, 0.25) is 0 Å². The van der Waals surface area contributed by atoms with Crippen molar-refractivity contribution in [3.05, 3.63) is 18.0 Å². The highest BCUT2D eigenvalue weighted by Crippen LogP contribution is 2.34. The number of nitrogens with two attached hydrogens (primary N) is 1. The minimum atomic E-state index is 0.0769. The molecule has 1 aliphatic rings. The third-order valence-corrected chi connectivity index (χ3v) is 3.49. The van der Waals surface area contributed by atoms with E-state index in [0.717, 1.165) is 25.3 Å². The molecule has 6 heteroatoms. The molecule has 2 atom stereocenters. The topological polar surface area (TPSA) is 77.5 Å². The number of ether oxygens (including phenoxy) is 1. The lowest BCUT2D eigenvalue weighted by atomic mass is 9.99. The smallest absolute Gasteiger partial charge is 0.188 e. The van der Waals surface area contributed by atoms with Crippen LogP contribution < -0.4 is 11.1 Å². The van der Waals surface area contributed by atoms with Gasteiger partial charge in [0.25, 0.3) is 0 Å². The molecule has 20 heavy (non-hydrogen) atoms. The molecule has 6 nitrogen and oxygen atoms in total. The fraction of sp³-hybridized carbons (Fsp3) is 0.714. The zero-order chi connectivity index (χ0) is 14.5. The number of rotatable bonds is 5. The summed E-state index contributed by atoms with van der Waals surface area (Å²) in [4.78, 5) is 4.44. The van der Waals surface area contributed by atoms with Gasteiger partial charge in [-0.1, -0.05) is 0 Å². The highest BCUT2D eigenvalue weighted by molar-refractivity contribution is 5.78. The Kier molecular flexibility index (Phi) is 5.00. The number of nitrogens with zero attached hydrogens (tertiary/aromatic N) is 3. The molecule has 0 aromatic carbocycles. The number of guanidine groups is 1. The number of aliphatic imine (C=N–C) groups is 1. The number of aryl methyl sites for hydroxylation is 1. The van der Waals surface area contributed by atoms with Crippen LogP contribution in [0.2, 0.25) is 0 Å². The van der Waals surface area contributed by atoms with Gasteiger partial charge >= 0.3 is 0 Å². The van der Waals surface area contributed by atoms with Crippen LogP contribution in [0.15, 0.2) is 17.3 Å². The van der Waals surface area contributed by atoms with Crippen LogP contribution in [-0.4, -0.2) is 34.9 Å². The fourth-order valence-electron chi connectivity index (χ4n) is 2.55. The second-order valence-electron chi connectivity index (χ2n) is 5.44. The molecule has 2 heterocycles. The summed E-state index contributed by atoms with van der Waals surface area (Å²) < 4.78 is 7.86. The Hall–Kier alpha value is -1.56. The third kappa shape index (κ3) is 3.50. The zero-order valence-corrected chi connectivity index (χ0v) is 12.5. The van der Waals surface area contributed by atoms with E-state index in [1.165, 1.54) is 0 Å². The van der Waals surface area contributed by atoms with Crippen LogP contribution in [0.5, 0.6) is 0 Å². The molecule has 0 aliphatic carbocycles. The molecule has 1 aromatic rings. The van der Waals surface area contributed by atoms with Gasteiger partial charge in [-0.15, -0.1) is 0 Å². The van der Waals surface area contributed by atoms with Crippen molar-refractivity contribution >= 4 is 5.96 Å². The summed E-state index contributed by atoms with van der Waals surface area (Å²) in [6, 6.07) is 2.34. The molecular formula is C14H25N5O. The minimum Gasteiger partial charge on any atom is -0.372 e. The minimum absolute atomic E-state index is 0.0769. The predicted molar refractivity (Wildman–Crippen MR) is 79.5 cm³/mol. The van der Waals surface area contributed by atoms with E-state index in [2.05, 4.69) is 22.3 Å². The fourth-order valence-corrected chi connectivity index (χ4v) is 2.55. The number of nitrogens with one attached hydrogen (secondary N) is 1. The summed E-state index contributed by atoms with van der Waals surface area (Å²) in [6.07, 6.45) is 2.92. The molecular weight excluding hydrogens is 254 g/mol. The first-order chi connectivity index (χ1) is 9.61. The van der Waals surface area contributed by atoms with Crippen LogP contribution in [0.25, 0.3) is 0 Å². The maximum Gasteiger partial charge on any atom is 0.188 e. The Labute approximate surface area is 120 Å². The molecule has 0 spiro atoms. The SMILES string of the molecule is CCn1nccc1[C@@H]1OCC[C@H]1CN=C(N)NC(C)C. The molecule has 0 saturated carbocycles. The standard InChI is InChI=1S/C14H25N5O/c1-4-19-12(5-7-17-19)13-11(6-8-20-13)9-16-14(15)18-10(2)3/h5,7,10-11,13H,4,6,8-9H2,1-3H3,(H3,15,16,18)/t11-,13+/m0/s1. The lowest BCUT2D eigenvalue weighted by Crippen LogP contribution is -2.37. The third-order valence-electron chi connectivity index (χ3n) is 3.49. The summed E-state index contributed by atoms with van der Waals surface area (Å²) >= 11 is 0. The molecule has 1 saturated heterocycles. The van der Waals surface area contributed by atoms with Crippen molar-refractivity contribution in [2.45, 2.75) is 45.9 Å². The summed E-state index contributed by atoms with van der Waals surface area (Å²) in [5, 5.41) is 7.42. The molecule has 2 rings (SSSR count). The van der Waals surface area contributed by atoms with Gasteiger partial charge in [-0.2, -0.15) is 5.10 Å². The van der Waals surface area contributed by atoms with Crippen molar-refractivity contribution in [1.82, 2.24) is 15.1 Å². The van der Waals surface area contributed by atoms with Crippen LogP contribution in [0, 0.1) is 5.92 Å². The van der Waals surface area contributed by atoms with Crippen LogP contribution >= 0.6 is 0 Å². The first-order valence-corrected chi connectivity index (χ1v) is 7.31. The van der Waals surface area contributed by atoms with Crippen molar-refractivity contribution < 1.29 is 4.74 Å². The molecule has 0 amide bonds. The Balaban J connectivity index is 2.01. The van der Waals surface area contributed by atoms with E-state index >= 15 is 0 Å². The van der Waals surface area contributed by atoms with E-state index in [0.29, 0.717) is 24.5 Å². The molecule has 112 valence electrons. The van der Waals surface area contributed by atoms with E-state index in [-0.39, 0.29) is 6.10 Å². The Morgan fingerprint density at radius 1 is 1.65 bits per heavy atom. The lowest BCUT2D eigenvalue weighted by Gasteiger charge is -2.18. The second kappa shape index (κ2) is 6.74. The number of hydrogen-bond donors (Lipinski definition) is 2. The molecule has 1 aliphatic heterocycles. The average molecular weight is 279 g/mol. The first kappa shape index (κ1) is 14.8. The predicted octanol–water partition coefficient (Wildman–Crippen LogP) is 1.29. The van der Waals surface area contributed by atoms with Crippen LogP contribution in [0.4, 0.5) is 0 Å². The maximum atomic E-state index is 5.87. The van der Waals surface area contributed by atoms with Gasteiger partial charge in [0.15, 0.2) is 5.96 Å². The van der Waals surface area contributed by atoms with E-state index in [4.69, 9.17) is 10.5 Å². The van der Waals surface area contributed by atoms with Gasteiger partial charge in [0.1, 0.15) is 6.10 Å².